The van der Waals surface area contributed by atoms with E-state index >= 15 is 0 Å². The van der Waals surface area contributed by atoms with Gasteiger partial charge in [0.05, 0.1) is 17.4 Å². The van der Waals surface area contributed by atoms with E-state index in [2.05, 4.69) is 25.2 Å². The molecule has 1 aromatic heterocycles. The van der Waals surface area contributed by atoms with E-state index in [-0.39, 0.29) is 11.6 Å². The molecule has 2 heterocycles. The van der Waals surface area contributed by atoms with Crippen LogP contribution in [0.5, 0.6) is 5.75 Å². The predicted octanol–water partition coefficient (Wildman–Crippen LogP) is 1.99. The third-order valence-electron chi connectivity index (χ3n) is 3.54. The molecule has 0 saturated heterocycles. The number of halogens is 1. The fourth-order valence-electron chi connectivity index (χ4n) is 2.49. The second kappa shape index (κ2) is 4.93. The summed E-state index contributed by atoms with van der Waals surface area (Å²) in [5.74, 6) is -1.54. The van der Waals surface area contributed by atoms with Gasteiger partial charge >= 0.3 is 0 Å². The molecule has 24 heavy (non-hydrogen) atoms. The van der Waals surface area contributed by atoms with Crippen LogP contribution < -0.4 is 10.6 Å². The summed E-state index contributed by atoms with van der Waals surface area (Å²) in [4.78, 5) is -0.686. The van der Waals surface area contributed by atoms with Gasteiger partial charge in [0.15, 0.2) is 4.90 Å². The van der Waals surface area contributed by atoms with Crippen LogP contribution in [0.1, 0.15) is 0 Å². The number of phenolic OH excluding ortho intramolecular Hbond substituents is 1. The molecule has 4 rings (SSSR count). The number of aromatic nitrogens is 2. The zero-order valence-electron chi connectivity index (χ0n) is 11.9. The van der Waals surface area contributed by atoms with E-state index in [1.807, 2.05) is 0 Å². The summed E-state index contributed by atoms with van der Waals surface area (Å²) in [6.45, 7) is 0. The Balaban J connectivity index is 1.80. The van der Waals surface area contributed by atoms with Gasteiger partial charge in [-0.25, -0.2) is 4.39 Å². The van der Waals surface area contributed by atoms with E-state index in [0.717, 1.165) is 17.6 Å². The maximum absolute atomic E-state index is 13.8. The van der Waals surface area contributed by atoms with Gasteiger partial charge in [-0.15, -0.1) is 4.40 Å². The van der Waals surface area contributed by atoms with Crippen LogP contribution >= 0.6 is 0 Å². The van der Waals surface area contributed by atoms with Crippen molar-refractivity contribution in [1.82, 2.24) is 10.2 Å². The van der Waals surface area contributed by atoms with Crippen LogP contribution in [0, 0.1) is 5.82 Å². The molecule has 0 radical (unpaired) electrons. The number of rotatable bonds is 1. The zero-order chi connectivity index (χ0) is 16.9. The number of sulfonamides is 1. The average molecular weight is 347 g/mol. The van der Waals surface area contributed by atoms with Crippen molar-refractivity contribution in [2.24, 2.45) is 4.40 Å². The first-order valence-electron chi connectivity index (χ1n) is 6.78. The molecule has 0 fully saturated rings. The second-order valence-electron chi connectivity index (χ2n) is 5.07. The summed E-state index contributed by atoms with van der Waals surface area (Å²) in [5, 5.41) is 22.7. The standard InChI is InChI=1S/C14H10FN5O3S/c15-8-4-5-11(21)12-13(8)24(22,23)20-14(18-12)17-9-2-1-3-10-7(9)6-16-19-10/h1-6,21H,(H,16,19)(H2,17,18,20). The first-order chi connectivity index (χ1) is 11.5. The van der Waals surface area contributed by atoms with Gasteiger partial charge < -0.3 is 15.7 Å². The van der Waals surface area contributed by atoms with Crippen LogP contribution in [-0.2, 0) is 10.0 Å². The lowest BCUT2D eigenvalue weighted by molar-refractivity contribution is 0.471. The van der Waals surface area contributed by atoms with Crippen molar-refractivity contribution in [1.29, 1.82) is 0 Å². The van der Waals surface area contributed by atoms with Crippen molar-refractivity contribution in [2.45, 2.75) is 4.90 Å². The number of anilines is 2. The quantitative estimate of drug-likeness (QED) is 0.500. The summed E-state index contributed by atoms with van der Waals surface area (Å²) in [6.07, 6.45) is 1.57. The number of H-pyrrole nitrogens is 1. The normalized spacial score (nSPS) is 15.5. The Bertz CT molecular complexity index is 1110. The molecule has 3 aromatic rings. The molecular formula is C14H10FN5O3S. The maximum Gasteiger partial charge on any atom is 0.290 e. The summed E-state index contributed by atoms with van der Waals surface area (Å²) >= 11 is 0. The van der Waals surface area contributed by atoms with Gasteiger partial charge in [0.25, 0.3) is 10.0 Å². The van der Waals surface area contributed by atoms with Gasteiger partial charge in [-0.05, 0) is 24.3 Å². The van der Waals surface area contributed by atoms with Crippen molar-refractivity contribution in [3.05, 3.63) is 42.3 Å². The smallest absolute Gasteiger partial charge is 0.290 e. The molecule has 0 saturated carbocycles. The van der Waals surface area contributed by atoms with Gasteiger partial charge in [-0.3, -0.25) is 5.10 Å². The lowest BCUT2D eigenvalue weighted by atomic mass is 10.2. The van der Waals surface area contributed by atoms with Gasteiger partial charge in [0.1, 0.15) is 17.3 Å². The largest absolute Gasteiger partial charge is 0.506 e. The second-order valence-corrected chi connectivity index (χ2v) is 6.61. The molecular weight excluding hydrogens is 337 g/mol. The molecule has 1 aliphatic rings. The highest BCUT2D eigenvalue weighted by molar-refractivity contribution is 7.90. The minimum atomic E-state index is -4.30. The van der Waals surface area contributed by atoms with E-state index in [4.69, 9.17) is 0 Å². The molecule has 4 N–H and O–H groups in total. The Labute approximate surface area is 135 Å². The number of aromatic hydroxyl groups is 1. The number of hydrogen-bond acceptors (Lipinski definition) is 6. The fraction of sp³-hybridized carbons (Fsp3) is 0. The van der Waals surface area contributed by atoms with Crippen molar-refractivity contribution in [2.75, 3.05) is 10.6 Å². The average Bonchev–Trinajstić information content (AvgIpc) is 2.99. The van der Waals surface area contributed by atoms with Gasteiger partial charge in [-0.1, -0.05) is 6.07 Å². The molecule has 8 nitrogen and oxygen atoms in total. The summed E-state index contributed by atoms with van der Waals surface area (Å²) in [6, 6.07) is 7.18. The van der Waals surface area contributed by atoms with Crippen molar-refractivity contribution < 1.29 is 17.9 Å². The topological polar surface area (TPSA) is 119 Å². The van der Waals surface area contributed by atoms with E-state index < -0.39 is 26.5 Å². The van der Waals surface area contributed by atoms with E-state index in [1.165, 1.54) is 0 Å². The molecule has 0 bridgehead atoms. The third-order valence-corrected chi connectivity index (χ3v) is 4.88. The monoisotopic (exact) mass is 347 g/mol. The van der Waals surface area contributed by atoms with Crippen molar-refractivity contribution in [3.63, 3.8) is 0 Å². The maximum atomic E-state index is 13.8. The molecule has 0 unspecified atom stereocenters. The molecule has 0 atom stereocenters. The van der Waals surface area contributed by atoms with E-state index in [9.17, 15) is 17.9 Å². The van der Waals surface area contributed by atoms with Crippen LogP contribution in [-0.4, -0.2) is 29.7 Å². The van der Waals surface area contributed by atoms with Crippen molar-refractivity contribution in [3.8, 4) is 5.75 Å². The highest BCUT2D eigenvalue weighted by atomic mass is 32.2. The SMILES string of the molecule is O=S1(=O)N=C(Nc2cccc3[nH]ncc23)Nc2c(O)ccc(F)c21. The summed E-state index contributed by atoms with van der Waals surface area (Å²) in [5.41, 5.74) is 1.03. The zero-order valence-corrected chi connectivity index (χ0v) is 12.7. The van der Waals surface area contributed by atoms with Crippen molar-refractivity contribution >= 4 is 38.3 Å². The Hall–Kier alpha value is -3.14. The Morgan fingerprint density at radius 1 is 1.21 bits per heavy atom. The Kier molecular flexibility index (Phi) is 2.97. The van der Waals surface area contributed by atoms with Crippen LogP contribution in [0.4, 0.5) is 15.8 Å². The lowest BCUT2D eigenvalue weighted by Gasteiger charge is -2.20. The minimum Gasteiger partial charge on any atom is -0.506 e. The number of phenols is 1. The first kappa shape index (κ1) is 14.5. The molecule has 10 heteroatoms. The molecule has 0 spiro atoms. The van der Waals surface area contributed by atoms with Gasteiger partial charge in [0.2, 0.25) is 5.96 Å². The molecule has 0 aliphatic carbocycles. The third kappa shape index (κ3) is 2.15. The Morgan fingerprint density at radius 3 is 2.88 bits per heavy atom. The highest BCUT2D eigenvalue weighted by Crippen LogP contribution is 2.37. The number of guanidine groups is 1. The Morgan fingerprint density at radius 2 is 2.04 bits per heavy atom. The van der Waals surface area contributed by atoms with Crippen LogP contribution in [0.25, 0.3) is 10.9 Å². The van der Waals surface area contributed by atoms with Gasteiger partial charge in [0, 0.05) is 5.39 Å². The fourth-order valence-corrected chi connectivity index (χ4v) is 3.64. The minimum absolute atomic E-state index is 0.155. The van der Waals surface area contributed by atoms with Gasteiger partial charge in [-0.2, -0.15) is 13.5 Å². The summed E-state index contributed by atoms with van der Waals surface area (Å²) < 4.78 is 41.8. The number of aromatic amines is 1. The number of nitrogens with zero attached hydrogens (tertiary/aromatic N) is 2. The summed E-state index contributed by atoms with van der Waals surface area (Å²) in [7, 11) is -4.30. The molecule has 1 aliphatic heterocycles. The van der Waals surface area contributed by atoms with E-state index in [0.29, 0.717) is 11.1 Å². The van der Waals surface area contributed by atoms with Crippen LogP contribution in [0.2, 0.25) is 0 Å². The number of hydrogen-bond donors (Lipinski definition) is 4. The van der Waals surface area contributed by atoms with E-state index in [1.54, 1.807) is 24.4 Å². The highest BCUT2D eigenvalue weighted by Gasteiger charge is 2.31. The molecule has 122 valence electrons. The number of fused-ring (bicyclic) bond motifs is 2. The van der Waals surface area contributed by atoms with Crippen LogP contribution in [0.15, 0.2) is 45.8 Å². The predicted molar refractivity (Wildman–Crippen MR) is 86.0 cm³/mol. The number of nitrogens with one attached hydrogen (secondary N) is 3. The van der Waals surface area contributed by atoms with Crippen LogP contribution in [0.3, 0.4) is 0 Å². The molecule has 0 amide bonds. The molecule has 2 aromatic carbocycles. The first-order valence-corrected chi connectivity index (χ1v) is 8.22. The number of benzene rings is 2. The lowest BCUT2D eigenvalue weighted by Crippen LogP contribution is -2.28.